The monoisotopic (exact) mass is 283 g/mol. The van der Waals surface area contributed by atoms with Crippen molar-refractivity contribution in [3.63, 3.8) is 0 Å². The van der Waals surface area contributed by atoms with Gasteiger partial charge in [0.2, 0.25) is 5.91 Å². The molecule has 0 spiro atoms. The first-order valence-corrected chi connectivity index (χ1v) is 7.13. The van der Waals surface area contributed by atoms with E-state index in [-0.39, 0.29) is 18.4 Å². The molecule has 1 aliphatic heterocycles. The van der Waals surface area contributed by atoms with Gasteiger partial charge in [0.1, 0.15) is 0 Å². The normalized spacial score (nSPS) is 16.5. The van der Waals surface area contributed by atoms with Crippen LogP contribution in [0.4, 0.5) is 0 Å². The van der Waals surface area contributed by atoms with E-state index in [0.717, 1.165) is 4.88 Å². The van der Waals surface area contributed by atoms with Crippen LogP contribution in [-0.2, 0) is 16.1 Å². The van der Waals surface area contributed by atoms with Crippen molar-refractivity contribution in [1.82, 2.24) is 15.2 Å². The Bertz CT molecular complexity index is 427. The number of amides is 1. The minimum atomic E-state index is -0.754. The number of carbonyl (C=O) groups excluding carboxylic acids is 1. The number of carboxylic acid groups (broad SMARTS) is 1. The van der Waals surface area contributed by atoms with Gasteiger partial charge in [0.05, 0.1) is 18.0 Å². The molecule has 0 aliphatic carbocycles. The Hall–Kier alpha value is -1.47. The van der Waals surface area contributed by atoms with Gasteiger partial charge in [-0.3, -0.25) is 14.6 Å². The fourth-order valence-corrected chi connectivity index (χ4v) is 2.67. The lowest BCUT2D eigenvalue weighted by atomic mass is 9.97. The quantitative estimate of drug-likeness (QED) is 0.825. The van der Waals surface area contributed by atoms with Gasteiger partial charge in [0.25, 0.3) is 0 Å². The lowest BCUT2D eigenvalue weighted by molar-refractivity contribution is -0.145. The first kappa shape index (κ1) is 14.0. The van der Waals surface area contributed by atoms with Crippen molar-refractivity contribution in [3.8, 4) is 0 Å². The maximum Gasteiger partial charge on any atom is 0.306 e. The van der Waals surface area contributed by atoms with Gasteiger partial charge >= 0.3 is 5.97 Å². The van der Waals surface area contributed by atoms with Crippen molar-refractivity contribution >= 4 is 23.2 Å². The topological polar surface area (TPSA) is 82.5 Å². The highest BCUT2D eigenvalue weighted by Crippen LogP contribution is 2.17. The molecule has 2 rings (SSSR count). The summed E-state index contributed by atoms with van der Waals surface area (Å²) in [5, 5.41) is 12.0. The van der Waals surface area contributed by atoms with Gasteiger partial charge in [-0.1, -0.05) is 0 Å². The second-order valence-electron chi connectivity index (χ2n) is 4.56. The molecule has 2 N–H and O–H groups in total. The molecular formula is C12H17N3O3S. The van der Waals surface area contributed by atoms with E-state index in [4.69, 9.17) is 5.11 Å². The van der Waals surface area contributed by atoms with Crippen molar-refractivity contribution in [2.24, 2.45) is 5.92 Å². The smallest absolute Gasteiger partial charge is 0.306 e. The van der Waals surface area contributed by atoms with E-state index >= 15 is 0 Å². The van der Waals surface area contributed by atoms with Crippen LogP contribution in [0.1, 0.15) is 17.7 Å². The lowest BCUT2D eigenvalue weighted by Gasteiger charge is -2.30. The first-order chi connectivity index (χ1) is 9.16. The summed E-state index contributed by atoms with van der Waals surface area (Å²) in [5.74, 6) is -1.02. The summed E-state index contributed by atoms with van der Waals surface area (Å²) in [6.07, 6.45) is 2.88. The van der Waals surface area contributed by atoms with E-state index in [9.17, 15) is 9.59 Å². The number of hydrogen-bond donors (Lipinski definition) is 2. The summed E-state index contributed by atoms with van der Waals surface area (Å²) >= 11 is 1.55. The summed E-state index contributed by atoms with van der Waals surface area (Å²) in [6.45, 7) is 2.01. The van der Waals surface area contributed by atoms with Crippen LogP contribution in [-0.4, -0.2) is 46.5 Å². The molecule has 19 heavy (non-hydrogen) atoms. The van der Waals surface area contributed by atoms with E-state index in [1.807, 2.05) is 0 Å². The number of nitrogens with one attached hydrogen (secondary N) is 1. The zero-order chi connectivity index (χ0) is 13.7. The van der Waals surface area contributed by atoms with Gasteiger partial charge in [-0.05, 0) is 12.8 Å². The molecule has 0 saturated carbocycles. The maximum absolute atomic E-state index is 11.9. The number of likely N-dealkylation sites (tertiary alicyclic amines) is 1. The molecule has 104 valence electrons. The fraction of sp³-hybridized carbons (Fsp3) is 0.583. The summed E-state index contributed by atoms with van der Waals surface area (Å²) in [7, 11) is 0. The van der Waals surface area contributed by atoms with Crippen molar-refractivity contribution < 1.29 is 14.7 Å². The van der Waals surface area contributed by atoms with Gasteiger partial charge in [-0.2, -0.15) is 0 Å². The third-order valence-corrected chi connectivity index (χ3v) is 4.04. The van der Waals surface area contributed by atoms with E-state index in [1.54, 1.807) is 27.9 Å². The van der Waals surface area contributed by atoms with Crippen LogP contribution in [0.25, 0.3) is 0 Å². The number of rotatable bonds is 5. The Labute approximate surface area is 115 Å². The molecule has 0 aromatic carbocycles. The van der Waals surface area contributed by atoms with Crippen LogP contribution in [0, 0.1) is 5.92 Å². The molecule has 1 aromatic heterocycles. The molecule has 1 amide bonds. The van der Waals surface area contributed by atoms with E-state index in [2.05, 4.69) is 10.3 Å². The SMILES string of the molecule is O=C(O)C1CCN(C(=O)CNCc2cncs2)CC1. The highest BCUT2D eigenvalue weighted by molar-refractivity contribution is 7.09. The molecule has 1 saturated heterocycles. The number of nitrogens with zero attached hydrogens (tertiary/aromatic N) is 2. The van der Waals surface area contributed by atoms with E-state index < -0.39 is 5.97 Å². The number of aliphatic carboxylic acids is 1. The molecule has 1 aromatic rings. The molecule has 1 aliphatic rings. The van der Waals surface area contributed by atoms with Gasteiger partial charge in [0.15, 0.2) is 0 Å². The number of hydrogen-bond acceptors (Lipinski definition) is 5. The second-order valence-corrected chi connectivity index (χ2v) is 5.54. The third kappa shape index (κ3) is 4.00. The molecule has 2 heterocycles. The number of thiazole rings is 1. The van der Waals surface area contributed by atoms with Gasteiger partial charge in [-0.25, -0.2) is 0 Å². The minimum absolute atomic E-state index is 0.0355. The average Bonchev–Trinajstić information content (AvgIpc) is 2.92. The molecule has 6 nitrogen and oxygen atoms in total. The summed E-state index contributed by atoms with van der Waals surface area (Å²) in [6, 6.07) is 0. The second kappa shape index (κ2) is 6.63. The van der Waals surface area contributed by atoms with Crippen LogP contribution >= 0.6 is 11.3 Å². The highest BCUT2D eigenvalue weighted by Gasteiger charge is 2.26. The Kier molecular flexibility index (Phi) is 4.86. The Morgan fingerprint density at radius 1 is 1.47 bits per heavy atom. The van der Waals surface area contributed by atoms with Gasteiger partial charge in [0, 0.05) is 30.7 Å². The highest BCUT2D eigenvalue weighted by atomic mass is 32.1. The Balaban J connectivity index is 1.68. The Morgan fingerprint density at radius 2 is 2.21 bits per heavy atom. The van der Waals surface area contributed by atoms with Crippen molar-refractivity contribution in [1.29, 1.82) is 0 Å². The maximum atomic E-state index is 11.9. The van der Waals surface area contributed by atoms with Crippen LogP contribution in [0.2, 0.25) is 0 Å². The molecule has 0 unspecified atom stereocenters. The standard InChI is InChI=1S/C12H17N3O3S/c16-11(7-13-5-10-6-14-8-19-10)15-3-1-9(2-4-15)12(17)18/h6,8-9,13H,1-5,7H2,(H,17,18). The zero-order valence-electron chi connectivity index (χ0n) is 10.5. The minimum Gasteiger partial charge on any atom is -0.481 e. The largest absolute Gasteiger partial charge is 0.481 e. The molecule has 0 radical (unpaired) electrons. The molecular weight excluding hydrogens is 266 g/mol. The van der Waals surface area contributed by atoms with Crippen molar-refractivity contribution in [2.75, 3.05) is 19.6 Å². The summed E-state index contributed by atoms with van der Waals surface area (Å²) < 4.78 is 0. The molecule has 0 atom stereocenters. The summed E-state index contributed by atoms with van der Waals surface area (Å²) in [5.41, 5.74) is 1.76. The van der Waals surface area contributed by atoms with Crippen LogP contribution in [0.3, 0.4) is 0 Å². The number of piperidine rings is 1. The van der Waals surface area contributed by atoms with Crippen molar-refractivity contribution in [3.05, 3.63) is 16.6 Å². The van der Waals surface area contributed by atoms with Crippen LogP contribution < -0.4 is 5.32 Å². The van der Waals surface area contributed by atoms with Gasteiger partial charge in [-0.15, -0.1) is 11.3 Å². The average molecular weight is 283 g/mol. The molecule has 7 heteroatoms. The number of aromatic nitrogens is 1. The predicted molar refractivity (Wildman–Crippen MR) is 70.8 cm³/mol. The lowest BCUT2D eigenvalue weighted by Crippen LogP contribution is -2.43. The van der Waals surface area contributed by atoms with Crippen molar-refractivity contribution in [2.45, 2.75) is 19.4 Å². The zero-order valence-corrected chi connectivity index (χ0v) is 11.4. The van der Waals surface area contributed by atoms with Crippen LogP contribution in [0.5, 0.6) is 0 Å². The van der Waals surface area contributed by atoms with E-state index in [0.29, 0.717) is 32.5 Å². The third-order valence-electron chi connectivity index (χ3n) is 3.26. The fourth-order valence-electron chi connectivity index (χ4n) is 2.11. The Morgan fingerprint density at radius 3 is 2.79 bits per heavy atom. The van der Waals surface area contributed by atoms with Crippen LogP contribution in [0.15, 0.2) is 11.7 Å². The number of carbonyl (C=O) groups is 2. The molecule has 1 fully saturated rings. The number of carboxylic acids is 1. The molecule has 0 bridgehead atoms. The van der Waals surface area contributed by atoms with E-state index in [1.165, 1.54) is 0 Å². The first-order valence-electron chi connectivity index (χ1n) is 6.25. The summed E-state index contributed by atoms with van der Waals surface area (Å²) in [4.78, 5) is 29.5. The predicted octanol–water partition coefficient (Wildman–Crippen LogP) is 0.556. The van der Waals surface area contributed by atoms with Gasteiger partial charge < -0.3 is 15.3 Å².